The highest BCUT2D eigenvalue weighted by Crippen LogP contribution is 2.37. The van der Waals surface area contributed by atoms with Gasteiger partial charge in [0.1, 0.15) is 0 Å². The summed E-state index contributed by atoms with van der Waals surface area (Å²) in [6.07, 6.45) is 1.21. The van der Waals surface area contributed by atoms with Gasteiger partial charge in [0.05, 0.1) is 0 Å². The Hall–Kier alpha value is -1.25. The maximum Gasteiger partial charge on any atom is 0.0263 e. The number of nitrogens with zero attached hydrogens (tertiary/aromatic N) is 1. The molecule has 2 aromatic rings. The first-order chi connectivity index (χ1) is 9.72. The summed E-state index contributed by atoms with van der Waals surface area (Å²) in [6.45, 7) is 4.39. The molecule has 1 heterocycles. The van der Waals surface area contributed by atoms with Crippen LogP contribution in [0, 0.1) is 6.92 Å². The summed E-state index contributed by atoms with van der Waals surface area (Å²) in [5, 5.41) is 0.696. The van der Waals surface area contributed by atoms with Crippen molar-refractivity contribution >= 4 is 11.8 Å². The van der Waals surface area contributed by atoms with E-state index in [1.54, 1.807) is 0 Å². The van der Waals surface area contributed by atoms with E-state index in [4.69, 9.17) is 0 Å². The van der Waals surface area contributed by atoms with E-state index in [0.29, 0.717) is 5.25 Å². The van der Waals surface area contributed by atoms with Crippen molar-refractivity contribution in [2.75, 3.05) is 13.6 Å². The molecule has 1 aliphatic heterocycles. The SMILES string of the molecule is Cc1ccccc1CN(C)CC1Cc2ccccc2S1. The summed E-state index contributed by atoms with van der Waals surface area (Å²) in [4.78, 5) is 3.92. The molecule has 1 atom stereocenters. The lowest BCUT2D eigenvalue weighted by molar-refractivity contribution is 0.327. The average molecular weight is 283 g/mol. The van der Waals surface area contributed by atoms with E-state index in [0.717, 1.165) is 13.1 Å². The van der Waals surface area contributed by atoms with Gasteiger partial charge in [0, 0.05) is 23.2 Å². The van der Waals surface area contributed by atoms with Gasteiger partial charge in [-0.05, 0) is 43.1 Å². The summed E-state index contributed by atoms with van der Waals surface area (Å²) in [6, 6.07) is 17.5. The summed E-state index contributed by atoms with van der Waals surface area (Å²) >= 11 is 2.04. The molecular formula is C18H21NS. The van der Waals surface area contributed by atoms with E-state index in [1.165, 1.54) is 28.0 Å². The van der Waals surface area contributed by atoms with Crippen LogP contribution in [0.25, 0.3) is 0 Å². The predicted molar refractivity (Wildman–Crippen MR) is 87.3 cm³/mol. The number of hydrogen-bond acceptors (Lipinski definition) is 2. The van der Waals surface area contributed by atoms with Gasteiger partial charge < -0.3 is 4.90 Å². The third kappa shape index (κ3) is 3.08. The van der Waals surface area contributed by atoms with E-state index in [-0.39, 0.29) is 0 Å². The third-order valence-electron chi connectivity index (χ3n) is 3.93. The lowest BCUT2D eigenvalue weighted by atomic mass is 10.1. The lowest BCUT2D eigenvalue weighted by Crippen LogP contribution is -2.27. The van der Waals surface area contributed by atoms with Gasteiger partial charge in [0.25, 0.3) is 0 Å². The second-order valence-corrected chi connectivity index (χ2v) is 7.02. The molecule has 0 radical (unpaired) electrons. The van der Waals surface area contributed by atoms with Crippen LogP contribution in [0.15, 0.2) is 53.4 Å². The smallest absolute Gasteiger partial charge is 0.0263 e. The highest BCUT2D eigenvalue weighted by Gasteiger charge is 2.22. The standard InChI is InChI=1S/C18H21NS/c1-14-7-3-4-9-16(14)12-19(2)13-17-11-15-8-5-6-10-18(15)20-17/h3-10,17H,11-13H2,1-2H3. The molecule has 0 bridgehead atoms. The zero-order valence-electron chi connectivity index (χ0n) is 12.2. The van der Waals surface area contributed by atoms with Crippen molar-refractivity contribution in [1.82, 2.24) is 4.90 Å². The second kappa shape index (κ2) is 6.02. The maximum atomic E-state index is 2.45. The van der Waals surface area contributed by atoms with E-state index < -0.39 is 0 Å². The van der Waals surface area contributed by atoms with Crippen LogP contribution in [0.3, 0.4) is 0 Å². The van der Waals surface area contributed by atoms with Crippen LogP contribution < -0.4 is 0 Å². The molecule has 0 saturated heterocycles. The number of fused-ring (bicyclic) bond motifs is 1. The third-order valence-corrected chi connectivity index (χ3v) is 5.23. The topological polar surface area (TPSA) is 3.24 Å². The fraction of sp³-hybridized carbons (Fsp3) is 0.333. The number of rotatable bonds is 4. The second-order valence-electron chi connectivity index (χ2n) is 5.67. The monoisotopic (exact) mass is 283 g/mol. The molecule has 0 saturated carbocycles. The minimum absolute atomic E-state index is 0.696. The molecule has 1 unspecified atom stereocenters. The molecule has 104 valence electrons. The molecule has 0 aromatic heterocycles. The van der Waals surface area contributed by atoms with E-state index in [9.17, 15) is 0 Å². The Labute approximate surface area is 126 Å². The minimum Gasteiger partial charge on any atom is -0.301 e. The van der Waals surface area contributed by atoms with Gasteiger partial charge in [0.15, 0.2) is 0 Å². The Balaban J connectivity index is 1.59. The molecule has 3 rings (SSSR count). The zero-order chi connectivity index (χ0) is 13.9. The van der Waals surface area contributed by atoms with E-state index >= 15 is 0 Å². The average Bonchev–Trinajstić information content (AvgIpc) is 2.83. The van der Waals surface area contributed by atoms with Crippen LogP contribution >= 0.6 is 11.8 Å². The summed E-state index contributed by atoms with van der Waals surface area (Å²) in [7, 11) is 2.23. The van der Waals surface area contributed by atoms with Gasteiger partial charge in [-0.2, -0.15) is 0 Å². The van der Waals surface area contributed by atoms with Crippen LogP contribution in [-0.2, 0) is 13.0 Å². The molecular weight excluding hydrogens is 262 g/mol. The highest BCUT2D eigenvalue weighted by molar-refractivity contribution is 8.00. The quantitative estimate of drug-likeness (QED) is 0.829. The van der Waals surface area contributed by atoms with Crippen molar-refractivity contribution in [3.63, 3.8) is 0 Å². The fourth-order valence-electron chi connectivity index (χ4n) is 2.85. The largest absolute Gasteiger partial charge is 0.301 e. The Kier molecular flexibility index (Phi) is 4.13. The molecule has 0 amide bonds. The number of benzene rings is 2. The first-order valence-corrected chi connectivity index (χ1v) is 8.08. The van der Waals surface area contributed by atoms with Crippen molar-refractivity contribution in [1.29, 1.82) is 0 Å². The van der Waals surface area contributed by atoms with Gasteiger partial charge in [-0.3, -0.25) is 0 Å². The van der Waals surface area contributed by atoms with Crippen molar-refractivity contribution in [2.24, 2.45) is 0 Å². The highest BCUT2D eigenvalue weighted by atomic mass is 32.2. The van der Waals surface area contributed by atoms with Crippen molar-refractivity contribution in [3.05, 3.63) is 65.2 Å². The van der Waals surface area contributed by atoms with Gasteiger partial charge in [0.2, 0.25) is 0 Å². The van der Waals surface area contributed by atoms with Gasteiger partial charge >= 0.3 is 0 Å². The molecule has 0 aliphatic carbocycles. The normalized spacial score (nSPS) is 17.4. The summed E-state index contributed by atoms with van der Waals surface area (Å²) in [5.74, 6) is 0. The van der Waals surface area contributed by atoms with Crippen molar-refractivity contribution in [2.45, 2.75) is 30.0 Å². The Morgan fingerprint density at radius 2 is 1.85 bits per heavy atom. The van der Waals surface area contributed by atoms with Gasteiger partial charge in [-0.15, -0.1) is 11.8 Å². The van der Waals surface area contributed by atoms with Crippen LogP contribution in [0.5, 0.6) is 0 Å². The van der Waals surface area contributed by atoms with Crippen molar-refractivity contribution in [3.8, 4) is 0 Å². The van der Waals surface area contributed by atoms with Gasteiger partial charge in [-0.1, -0.05) is 42.5 Å². The van der Waals surface area contributed by atoms with Crippen LogP contribution in [0.4, 0.5) is 0 Å². The van der Waals surface area contributed by atoms with Crippen LogP contribution in [0.1, 0.15) is 16.7 Å². The predicted octanol–water partition coefficient (Wildman–Crippen LogP) is 4.14. The summed E-state index contributed by atoms with van der Waals surface area (Å²) in [5.41, 5.74) is 4.35. The van der Waals surface area contributed by atoms with Crippen LogP contribution in [-0.4, -0.2) is 23.7 Å². The Morgan fingerprint density at radius 1 is 1.10 bits per heavy atom. The Bertz CT molecular complexity index is 568. The molecule has 0 spiro atoms. The molecule has 2 aromatic carbocycles. The number of hydrogen-bond donors (Lipinski definition) is 0. The molecule has 1 aliphatic rings. The molecule has 0 N–H and O–H groups in total. The molecule has 1 nitrogen and oxygen atoms in total. The Morgan fingerprint density at radius 3 is 2.65 bits per heavy atom. The van der Waals surface area contributed by atoms with Crippen LogP contribution in [0.2, 0.25) is 0 Å². The zero-order valence-corrected chi connectivity index (χ0v) is 13.0. The first kappa shape index (κ1) is 13.7. The van der Waals surface area contributed by atoms with Crippen molar-refractivity contribution < 1.29 is 0 Å². The first-order valence-electron chi connectivity index (χ1n) is 7.20. The summed E-state index contributed by atoms with van der Waals surface area (Å²) < 4.78 is 0. The van der Waals surface area contributed by atoms with Gasteiger partial charge in [-0.25, -0.2) is 0 Å². The van der Waals surface area contributed by atoms with E-state index in [1.807, 2.05) is 11.8 Å². The maximum absolute atomic E-state index is 2.45. The van der Waals surface area contributed by atoms with E-state index in [2.05, 4.69) is 67.4 Å². The molecule has 20 heavy (non-hydrogen) atoms. The molecule has 2 heteroatoms. The number of aryl methyl sites for hydroxylation is 1. The number of thioether (sulfide) groups is 1. The lowest BCUT2D eigenvalue weighted by Gasteiger charge is -2.21. The minimum atomic E-state index is 0.696. The molecule has 0 fully saturated rings. The fourth-order valence-corrected chi connectivity index (χ4v) is 4.26.